The van der Waals surface area contributed by atoms with Gasteiger partial charge < -0.3 is 9.67 Å². The van der Waals surface area contributed by atoms with E-state index in [4.69, 9.17) is 0 Å². The lowest BCUT2D eigenvalue weighted by atomic mass is 10.1. The number of rotatable bonds is 5. The highest BCUT2D eigenvalue weighted by Gasteiger charge is 2.16. The van der Waals surface area contributed by atoms with Gasteiger partial charge in [0.2, 0.25) is 0 Å². The lowest BCUT2D eigenvalue weighted by molar-refractivity contribution is 0.276. The van der Waals surface area contributed by atoms with E-state index in [2.05, 4.69) is 27.9 Å². The van der Waals surface area contributed by atoms with Crippen molar-refractivity contribution in [1.29, 1.82) is 0 Å². The van der Waals surface area contributed by atoms with Crippen LogP contribution in [-0.2, 0) is 6.54 Å². The van der Waals surface area contributed by atoms with E-state index in [1.165, 1.54) is 0 Å². The number of hydrogen-bond acceptors (Lipinski definition) is 4. The van der Waals surface area contributed by atoms with Crippen LogP contribution in [0.5, 0.6) is 0 Å². The molecular weight excluding hydrogens is 336 g/mol. The molecule has 0 aliphatic heterocycles. The molecule has 0 saturated heterocycles. The molecule has 2 aromatic carbocycles. The third kappa shape index (κ3) is 3.37. The zero-order valence-corrected chi connectivity index (χ0v) is 15.1. The van der Waals surface area contributed by atoms with E-state index in [9.17, 15) is 5.11 Å². The van der Waals surface area contributed by atoms with E-state index in [1.54, 1.807) is 6.33 Å². The summed E-state index contributed by atoms with van der Waals surface area (Å²) in [6.45, 7) is 2.56. The van der Waals surface area contributed by atoms with Crippen LogP contribution in [0.1, 0.15) is 5.56 Å². The Morgan fingerprint density at radius 3 is 2.26 bits per heavy atom. The maximum absolute atomic E-state index is 9.41. The fourth-order valence-corrected chi connectivity index (χ4v) is 3.18. The highest BCUT2D eigenvalue weighted by molar-refractivity contribution is 5.78. The minimum atomic E-state index is 0.0414. The van der Waals surface area contributed by atoms with E-state index in [0.717, 1.165) is 33.6 Å². The van der Waals surface area contributed by atoms with Gasteiger partial charge in [-0.2, -0.15) is 0 Å². The maximum Gasteiger partial charge on any atom is 0.159 e. The second-order valence-corrected chi connectivity index (χ2v) is 6.34. The Hall–Kier alpha value is -3.31. The van der Waals surface area contributed by atoms with Crippen molar-refractivity contribution in [2.45, 2.75) is 13.5 Å². The van der Waals surface area contributed by atoms with E-state index >= 15 is 0 Å². The molecule has 5 nitrogen and oxygen atoms in total. The van der Waals surface area contributed by atoms with Crippen molar-refractivity contribution in [3.8, 4) is 33.9 Å². The molecule has 0 amide bonds. The number of imidazole rings is 1. The molecule has 0 aliphatic carbocycles. The molecule has 0 bridgehead atoms. The van der Waals surface area contributed by atoms with E-state index < -0.39 is 0 Å². The van der Waals surface area contributed by atoms with Crippen LogP contribution in [0, 0.1) is 6.92 Å². The van der Waals surface area contributed by atoms with Gasteiger partial charge in [0, 0.05) is 35.6 Å². The van der Waals surface area contributed by atoms with Crippen LogP contribution >= 0.6 is 0 Å². The first-order chi connectivity index (χ1) is 13.3. The van der Waals surface area contributed by atoms with Crippen LogP contribution in [0.2, 0.25) is 0 Å². The molecule has 0 spiro atoms. The zero-order chi connectivity index (χ0) is 18.6. The van der Waals surface area contributed by atoms with Crippen LogP contribution in [0.15, 0.2) is 73.3 Å². The van der Waals surface area contributed by atoms with Gasteiger partial charge in [-0.1, -0.05) is 54.6 Å². The van der Waals surface area contributed by atoms with Gasteiger partial charge in [-0.05, 0) is 12.5 Å². The van der Waals surface area contributed by atoms with Crippen molar-refractivity contribution in [2.24, 2.45) is 0 Å². The summed E-state index contributed by atoms with van der Waals surface area (Å²) in [4.78, 5) is 13.7. The van der Waals surface area contributed by atoms with Gasteiger partial charge in [-0.15, -0.1) is 0 Å². The largest absolute Gasteiger partial charge is 0.395 e. The van der Waals surface area contributed by atoms with Crippen molar-refractivity contribution >= 4 is 0 Å². The molecule has 27 heavy (non-hydrogen) atoms. The van der Waals surface area contributed by atoms with Gasteiger partial charge >= 0.3 is 0 Å². The molecule has 5 heteroatoms. The predicted molar refractivity (Wildman–Crippen MR) is 106 cm³/mol. The maximum atomic E-state index is 9.41. The zero-order valence-electron chi connectivity index (χ0n) is 15.1. The predicted octanol–water partition coefficient (Wildman–Crippen LogP) is 3.97. The SMILES string of the molecule is Cc1ccccc1-c1ncc(-c2c(-c3ccccc3)ncn2CCO)cn1. The van der Waals surface area contributed by atoms with E-state index in [0.29, 0.717) is 12.4 Å². The number of aromatic nitrogens is 4. The van der Waals surface area contributed by atoms with Gasteiger partial charge in [0.05, 0.1) is 24.3 Å². The van der Waals surface area contributed by atoms with Crippen molar-refractivity contribution in [3.05, 3.63) is 78.9 Å². The number of nitrogens with zero attached hydrogens (tertiary/aromatic N) is 4. The number of aliphatic hydroxyl groups excluding tert-OH is 1. The molecule has 2 aromatic heterocycles. The number of aliphatic hydroxyl groups is 1. The second kappa shape index (κ2) is 7.51. The van der Waals surface area contributed by atoms with Crippen LogP contribution in [-0.4, -0.2) is 31.2 Å². The quantitative estimate of drug-likeness (QED) is 0.588. The third-order valence-electron chi connectivity index (χ3n) is 4.54. The number of aryl methyl sites for hydroxylation is 1. The summed E-state index contributed by atoms with van der Waals surface area (Å²) in [7, 11) is 0. The molecule has 0 atom stereocenters. The first kappa shape index (κ1) is 17.1. The monoisotopic (exact) mass is 356 g/mol. The molecule has 0 fully saturated rings. The lowest BCUT2D eigenvalue weighted by Crippen LogP contribution is -2.03. The second-order valence-electron chi connectivity index (χ2n) is 6.34. The van der Waals surface area contributed by atoms with E-state index in [1.807, 2.05) is 65.5 Å². The summed E-state index contributed by atoms with van der Waals surface area (Å²) >= 11 is 0. The first-order valence-electron chi connectivity index (χ1n) is 8.88. The van der Waals surface area contributed by atoms with Crippen LogP contribution in [0.4, 0.5) is 0 Å². The highest BCUT2D eigenvalue weighted by Crippen LogP contribution is 2.31. The molecule has 134 valence electrons. The molecule has 4 rings (SSSR count). The average Bonchev–Trinajstić information content (AvgIpc) is 3.13. The Morgan fingerprint density at radius 2 is 1.56 bits per heavy atom. The van der Waals surface area contributed by atoms with Gasteiger partial charge in [-0.25, -0.2) is 15.0 Å². The number of hydrogen-bond donors (Lipinski definition) is 1. The molecule has 0 aliphatic rings. The molecule has 0 radical (unpaired) electrons. The summed E-state index contributed by atoms with van der Waals surface area (Å²) < 4.78 is 1.94. The Balaban J connectivity index is 1.79. The minimum absolute atomic E-state index is 0.0414. The van der Waals surface area contributed by atoms with Crippen molar-refractivity contribution in [1.82, 2.24) is 19.5 Å². The summed E-state index contributed by atoms with van der Waals surface area (Å²) in [5, 5.41) is 9.41. The first-order valence-corrected chi connectivity index (χ1v) is 8.88. The van der Waals surface area contributed by atoms with Crippen molar-refractivity contribution in [3.63, 3.8) is 0 Å². The average molecular weight is 356 g/mol. The Bertz CT molecular complexity index is 1040. The summed E-state index contributed by atoms with van der Waals surface area (Å²) in [6, 6.07) is 18.1. The molecule has 2 heterocycles. The summed E-state index contributed by atoms with van der Waals surface area (Å²) in [5.41, 5.74) is 5.82. The Kier molecular flexibility index (Phi) is 4.77. The minimum Gasteiger partial charge on any atom is -0.395 e. The van der Waals surface area contributed by atoms with E-state index in [-0.39, 0.29) is 6.61 Å². The topological polar surface area (TPSA) is 63.8 Å². The fourth-order valence-electron chi connectivity index (χ4n) is 3.18. The van der Waals surface area contributed by atoms with Gasteiger partial charge in [-0.3, -0.25) is 0 Å². The molecule has 1 N–H and O–H groups in total. The molecule has 0 unspecified atom stereocenters. The summed E-state index contributed by atoms with van der Waals surface area (Å²) in [5.74, 6) is 0.700. The van der Waals surface area contributed by atoms with Gasteiger partial charge in [0.25, 0.3) is 0 Å². The highest BCUT2D eigenvalue weighted by atomic mass is 16.3. The van der Waals surface area contributed by atoms with Crippen molar-refractivity contribution in [2.75, 3.05) is 6.61 Å². The van der Waals surface area contributed by atoms with Crippen LogP contribution in [0.3, 0.4) is 0 Å². The fraction of sp³-hybridized carbons (Fsp3) is 0.136. The molecular formula is C22H20N4O. The normalized spacial score (nSPS) is 10.9. The van der Waals surface area contributed by atoms with Gasteiger partial charge in [0.1, 0.15) is 0 Å². The Labute approximate surface area is 158 Å². The van der Waals surface area contributed by atoms with Crippen molar-refractivity contribution < 1.29 is 5.11 Å². The third-order valence-corrected chi connectivity index (χ3v) is 4.54. The van der Waals surface area contributed by atoms with Crippen LogP contribution < -0.4 is 0 Å². The van der Waals surface area contributed by atoms with Crippen LogP contribution in [0.25, 0.3) is 33.9 Å². The number of benzene rings is 2. The summed E-state index contributed by atoms with van der Waals surface area (Å²) in [6.07, 6.45) is 5.40. The Morgan fingerprint density at radius 1 is 0.852 bits per heavy atom. The molecule has 0 saturated carbocycles. The lowest BCUT2D eigenvalue weighted by Gasteiger charge is -2.10. The standard InChI is InChI=1S/C22H20N4O/c1-16-7-5-6-10-19(16)22-23-13-18(14-24-22)21-20(17-8-3-2-4-9-17)25-15-26(21)11-12-27/h2-10,13-15,27H,11-12H2,1H3. The smallest absolute Gasteiger partial charge is 0.159 e. The molecule has 4 aromatic rings. The van der Waals surface area contributed by atoms with Gasteiger partial charge in [0.15, 0.2) is 5.82 Å².